The Hall–Kier alpha value is -2.35. The van der Waals surface area contributed by atoms with Crippen LogP contribution >= 0.6 is 11.6 Å². The first kappa shape index (κ1) is 19.0. The van der Waals surface area contributed by atoms with Gasteiger partial charge in [-0.3, -0.25) is 14.9 Å². The molecule has 0 aliphatic carbocycles. The van der Waals surface area contributed by atoms with Crippen LogP contribution < -0.4 is 4.90 Å². The Labute approximate surface area is 150 Å². The average Bonchev–Trinajstić information content (AvgIpc) is 2.52. The minimum Gasteiger partial charge on any atom is -0.444 e. The van der Waals surface area contributed by atoms with E-state index in [2.05, 4.69) is 0 Å². The van der Waals surface area contributed by atoms with Gasteiger partial charge < -0.3 is 14.5 Å². The summed E-state index contributed by atoms with van der Waals surface area (Å²) >= 11 is 5.46. The van der Waals surface area contributed by atoms with E-state index in [0.717, 1.165) is 0 Å². The SMILES string of the molecule is CC(C)(C)OC(=O)N1CCN(c2ccc([N+](=O)[O-])c(C(=O)Cl)c2)CC1. The van der Waals surface area contributed by atoms with E-state index in [-0.39, 0.29) is 17.3 Å². The van der Waals surface area contributed by atoms with Crippen LogP contribution in [0.4, 0.5) is 16.2 Å². The number of anilines is 1. The molecule has 0 radical (unpaired) electrons. The number of carbonyl (C=O) groups excluding carboxylic acids is 2. The molecule has 1 heterocycles. The van der Waals surface area contributed by atoms with E-state index in [1.165, 1.54) is 12.1 Å². The number of hydrogen-bond donors (Lipinski definition) is 0. The summed E-state index contributed by atoms with van der Waals surface area (Å²) in [6.45, 7) is 7.38. The van der Waals surface area contributed by atoms with Gasteiger partial charge in [-0.1, -0.05) is 0 Å². The van der Waals surface area contributed by atoms with Crippen LogP contribution in [0.25, 0.3) is 0 Å². The Balaban J connectivity index is 2.08. The maximum absolute atomic E-state index is 12.1. The molecule has 2 rings (SSSR count). The topological polar surface area (TPSA) is 93.0 Å². The van der Waals surface area contributed by atoms with Gasteiger partial charge in [-0.05, 0) is 44.5 Å². The van der Waals surface area contributed by atoms with E-state index >= 15 is 0 Å². The van der Waals surface area contributed by atoms with Gasteiger partial charge >= 0.3 is 6.09 Å². The van der Waals surface area contributed by atoms with Gasteiger partial charge in [-0.15, -0.1) is 0 Å². The molecular weight excluding hydrogens is 350 g/mol. The van der Waals surface area contributed by atoms with E-state index < -0.39 is 15.8 Å². The van der Waals surface area contributed by atoms with Crippen molar-refractivity contribution in [3.05, 3.63) is 33.9 Å². The number of ether oxygens (including phenoxy) is 1. The molecule has 136 valence electrons. The predicted molar refractivity (Wildman–Crippen MR) is 93.3 cm³/mol. The number of halogens is 1. The molecular formula is C16H20ClN3O5. The molecule has 0 N–H and O–H groups in total. The molecule has 1 aliphatic heterocycles. The highest BCUT2D eigenvalue weighted by atomic mass is 35.5. The summed E-state index contributed by atoms with van der Waals surface area (Å²) in [6, 6.07) is 4.26. The molecule has 9 heteroatoms. The lowest BCUT2D eigenvalue weighted by Crippen LogP contribution is -2.50. The molecule has 0 bridgehead atoms. The normalized spacial score (nSPS) is 15.0. The van der Waals surface area contributed by atoms with Crippen molar-refractivity contribution in [3.8, 4) is 0 Å². The first-order chi connectivity index (χ1) is 11.6. The average molecular weight is 370 g/mol. The Morgan fingerprint density at radius 1 is 1.20 bits per heavy atom. The summed E-state index contributed by atoms with van der Waals surface area (Å²) in [4.78, 5) is 37.4. The number of rotatable bonds is 3. The lowest BCUT2D eigenvalue weighted by molar-refractivity contribution is -0.385. The van der Waals surface area contributed by atoms with Gasteiger partial charge in [-0.25, -0.2) is 4.79 Å². The van der Waals surface area contributed by atoms with E-state index in [1.54, 1.807) is 11.0 Å². The zero-order chi connectivity index (χ0) is 18.8. The van der Waals surface area contributed by atoms with Gasteiger partial charge in [-0.2, -0.15) is 0 Å². The largest absolute Gasteiger partial charge is 0.444 e. The van der Waals surface area contributed by atoms with E-state index in [1.807, 2.05) is 25.7 Å². The molecule has 1 aromatic rings. The summed E-state index contributed by atoms with van der Waals surface area (Å²) < 4.78 is 5.34. The van der Waals surface area contributed by atoms with E-state index in [4.69, 9.17) is 16.3 Å². The van der Waals surface area contributed by atoms with Gasteiger partial charge in [0.2, 0.25) is 0 Å². The predicted octanol–water partition coefficient (Wildman–Crippen LogP) is 3.03. The minimum atomic E-state index is -0.874. The molecule has 1 amide bonds. The van der Waals surface area contributed by atoms with Crippen LogP contribution in [-0.2, 0) is 4.74 Å². The van der Waals surface area contributed by atoms with Crippen LogP contribution in [-0.4, -0.2) is 52.9 Å². The number of piperazine rings is 1. The van der Waals surface area contributed by atoms with Crippen molar-refractivity contribution in [3.63, 3.8) is 0 Å². The van der Waals surface area contributed by atoms with Crippen LogP contribution in [0.15, 0.2) is 18.2 Å². The lowest BCUT2D eigenvalue weighted by Gasteiger charge is -2.36. The molecule has 0 unspecified atom stereocenters. The van der Waals surface area contributed by atoms with Crippen molar-refractivity contribution >= 4 is 34.3 Å². The van der Waals surface area contributed by atoms with Crippen molar-refractivity contribution < 1.29 is 19.2 Å². The fourth-order valence-electron chi connectivity index (χ4n) is 2.51. The Morgan fingerprint density at radius 2 is 1.80 bits per heavy atom. The Bertz CT molecular complexity index is 694. The number of carbonyl (C=O) groups is 2. The molecule has 8 nitrogen and oxygen atoms in total. The lowest BCUT2D eigenvalue weighted by atomic mass is 10.1. The molecule has 0 atom stereocenters. The van der Waals surface area contributed by atoms with Gasteiger partial charge in [0.05, 0.1) is 4.92 Å². The fourth-order valence-corrected chi connectivity index (χ4v) is 2.66. The van der Waals surface area contributed by atoms with Crippen molar-refractivity contribution in [2.24, 2.45) is 0 Å². The standard InChI is InChI=1S/C16H20ClN3O5/c1-16(2,3)25-15(22)19-8-6-18(7-9-19)11-4-5-13(20(23)24)12(10-11)14(17)21/h4-5,10H,6-9H2,1-3H3. The van der Waals surface area contributed by atoms with E-state index in [9.17, 15) is 19.7 Å². The van der Waals surface area contributed by atoms with Crippen LogP contribution in [0.5, 0.6) is 0 Å². The summed E-state index contributed by atoms with van der Waals surface area (Å²) in [5, 5.41) is 10.1. The first-order valence-electron chi connectivity index (χ1n) is 7.79. The van der Waals surface area contributed by atoms with Gasteiger partial charge in [0.15, 0.2) is 0 Å². The summed E-state index contributed by atoms with van der Waals surface area (Å²) in [7, 11) is 0. The summed E-state index contributed by atoms with van der Waals surface area (Å²) in [6.07, 6.45) is -0.368. The third-order valence-electron chi connectivity index (χ3n) is 3.69. The summed E-state index contributed by atoms with van der Waals surface area (Å²) in [5.41, 5.74) is -0.365. The summed E-state index contributed by atoms with van der Waals surface area (Å²) in [5.74, 6) is 0. The molecule has 25 heavy (non-hydrogen) atoms. The molecule has 0 aromatic heterocycles. The molecule has 1 saturated heterocycles. The Kier molecular flexibility index (Phi) is 5.52. The quantitative estimate of drug-likeness (QED) is 0.462. The number of amides is 1. The highest BCUT2D eigenvalue weighted by Crippen LogP contribution is 2.27. The van der Waals surface area contributed by atoms with Gasteiger partial charge in [0, 0.05) is 37.9 Å². The van der Waals surface area contributed by atoms with Gasteiger partial charge in [0.1, 0.15) is 11.2 Å². The van der Waals surface area contributed by atoms with Crippen LogP contribution in [0.3, 0.4) is 0 Å². The zero-order valence-electron chi connectivity index (χ0n) is 14.3. The van der Waals surface area contributed by atoms with Crippen LogP contribution in [0.2, 0.25) is 0 Å². The molecule has 1 fully saturated rings. The van der Waals surface area contributed by atoms with E-state index in [0.29, 0.717) is 31.9 Å². The third kappa shape index (κ3) is 4.82. The molecule has 1 aromatic carbocycles. The number of nitrogens with zero attached hydrogens (tertiary/aromatic N) is 3. The second-order valence-corrected chi connectivity index (χ2v) is 7.03. The van der Waals surface area contributed by atoms with Crippen molar-refractivity contribution in [1.29, 1.82) is 0 Å². The number of nitro benzene ring substituents is 1. The highest BCUT2D eigenvalue weighted by Gasteiger charge is 2.27. The monoisotopic (exact) mass is 369 g/mol. The maximum Gasteiger partial charge on any atom is 0.410 e. The number of nitro groups is 1. The second-order valence-electron chi connectivity index (χ2n) is 6.69. The van der Waals surface area contributed by atoms with Crippen molar-refractivity contribution in [1.82, 2.24) is 4.90 Å². The first-order valence-corrected chi connectivity index (χ1v) is 8.17. The zero-order valence-corrected chi connectivity index (χ0v) is 15.1. The number of hydrogen-bond acceptors (Lipinski definition) is 6. The second kappa shape index (κ2) is 7.26. The smallest absolute Gasteiger partial charge is 0.410 e. The van der Waals surface area contributed by atoms with Crippen LogP contribution in [0.1, 0.15) is 31.1 Å². The fraction of sp³-hybridized carbons (Fsp3) is 0.500. The van der Waals surface area contributed by atoms with Crippen molar-refractivity contribution in [2.45, 2.75) is 26.4 Å². The molecule has 0 saturated carbocycles. The Morgan fingerprint density at radius 3 is 2.28 bits per heavy atom. The maximum atomic E-state index is 12.1. The molecule has 1 aliphatic rings. The number of benzene rings is 1. The minimum absolute atomic E-state index is 0.140. The third-order valence-corrected chi connectivity index (χ3v) is 3.89. The van der Waals surface area contributed by atoms with Crippen molar-refractivity contribution in [2.75, 3.05) is 31.1 Å². The van der Waals surface area contributed by atoms with Gasteiger partial charge in [0.25, 0.3) is 10.9 Å². The molecule has 0 spiro atoms. The highest BCUT2D eigenvalue weighted by molar-refractivity contribution is 6.68. The van der Waals surface area contributed by atoms with Crippen LogP contribution in [0, 0.1) is 10.1 Å².